The first-order valence-electron chi connectivity index (χ1n) is 8.45. The molecule has 26 heavy (non-hydrogen) atoms. The van der Waals surface area contributed by atoms with Gasteiger partial charge < -0.3 is 9.80 Å². The van der Waals surface area contributed by atoms with Crippen LogP contribution in [0.5, 0.6) is 0 Å². The molecule has 5 nitrogen and oxygen atoms in total. The number of carbonyl (C=O) groups is 1. The summed E-state index contributed by atoms with van der Waals surface area (Å²) in [6, 6.07) is 7.04. The molecule has 0 atom stereocenters. The van der Waals surface area contributed by atoms with Crippen LogP contribution < -0.4 is 4.90 Å². The molecule has 2 aromatic rings. The molecule has 8 heteroatoms. The number of hydrogen-bond acceptors (Lipinski definition) is 3. The second-order valence-corrected chi connectivity index (χ2v) is 6.48. The van der Waals surface area contributed by atoms with Crippen molar-refractivity contribution in [3.8, 4) is 0 Å². The van der Waals surface area contributed by atoms with Crippen molar-refractivity contribution in [2.24, 2.45) is 0 Å². The molecule has 2 heterocycles. The molecule has 1 aliphatic rings. The second kappa shape index (κ2) is 7.01. The maximum absolute atomic E-state index is 12.6. The third kappa shape index (κ3) is 3.84. The standard InChI is InChI=1S/C18H21F3N4O/c1-13-4-3-5-15(14(13)2)23-8-10-24(11-9-23)17(26)12-25-7-6-16(22-25)18(19,20)21/h3-7H,8-12H2,1-2H3. The Balaban J connectivity index is 1.58. The lowest BCUT2D eigenvalue weighted by atomic mass is 10.1. The van der Waals surface area contributed by atoms with E-state index in [1.54, 1.807) is 4.90 Å². The van der Waals surface area contributed by atoms with Gasteiger partial charge in [0, 0.05) is 38.1 Å². The highest BCUT2D eigenvalue weighted by molar-refractivity contribution is 5.76. The van der Waals surface area contributed by atoms with Crippen molar-refractivity contribution >= 4 is 11.6 Å². The van der Waals surface area contributed by atoms with Crippen LogP contribution in [0.15, 0.2) is 30.5 Å². The van der Waals surface area contributed by atoms with E-state index in [1.807, 2.05) is 6.07 Å². The van der Waals surface area contributed by atoms with E-state index in [2.05, 4.69) is 36.0 Å². The van der Waals surface area contributed by atoms with Crippen LogP contribution in [0.2, 0.25) is 0 Å². The average molecular weight is 366 g/mol. The molecule has 0 bridgehead atoms. The fraction of sp³-hybridized carbons (Fsp3) is 0.444. The first kappa shape index (κ1) is 18.3. The minimum Gasteiger partial charge on any atom is -0.368 e. The van der Waals surface area contributed by atoms with Gasteiger partial charge in [-0.15, -0.1) is 0 Å². The zero-order valence-electron chi connectivity index (χ0n) is 14.8. The maximum Gasteiger partial charge on any atom is 0.435 e. The van der Waals surface area contributed by atoms with Crippen molar-refractivity contribution in [3.05, 3.63) is 47.3 Å². The van der Waals surface area contributed by atoms with Gasteiger partial charge in [0.2, 0.25) is 5.91 Å². The van der Waals surface area contributed by atoms with E-state index in [0.29, 0.717) is 26.2 Å². The van der Waals surface area contributed by atoms with Crippen molar-refractivity contribution in [1.82, 2.24) is 14.7 Å². The molecule has 0 radical (unpaired) electrons. The van der Waals surface area contributed by atoms with Crippen LogP contribution in [-0.2, 0) is 17.5 Å². The van der Waals surface area contributed by atoms with Crippen molar-refractivity contribution in [2.75, 3.05) is 31.1 Å². The van der Waals surface area contributed by atoms with E-state index < -0.39 is 11.9 Å². The van der Waals surface area contributed by atoms with E-state index in [4.69, 9.17) is 0 Å². The monoisotopic (exact) mass is 366 g/mol. The Labute approximate surface area is 150 Å². The lowest BCUT2D eigenvalue weighted by Gasteiger charge is -2.37. The fourth-order valence-electron chi connectivity index (χ4n) is 3.11. The van der Waals surface area contributed by atoms with E-state index in [0.717, 1.165) is 10.7 Å². The summed E-state index contributed by atoms with van der Waals surface area (Å²) in [5.41, 5.74) is 2.63. The van der Waals surface area contributed by atoms with Crippen LogP contribution >= 0.6 is 0 Å². The van der Waals surface area contributed by atoms with Gasteiger partial charge in [-0.05, 0) is 37.1 Å². The number of halogens is 3. The lowest BCUT2D eigenvalue weighted by molar-refractivity contribution is -0.142. The van der Waals surface area contributed by atoms with Crippen LogP contribution in [0.25, 0.3) is 0 Å². The Hall–Kier alpha value is -2.51. The predicted molar refractivity (Wildman–Crippen MR) is 91.9 cm³/mol. The summed E-state index contributed by atoms with van der Waals surface area (Å²) in [4.78, 5) is 16.3. The molecule has 1 saturated heterocycles. The van der Waals surface area contributed by atoms with Crippen LogP contribution in [0.1, 0.15) is 16.8 Å². The summed E-state index contributed by atoms with van der Waals surface area (Å²) in [6.45, 7) is 6.45. The van der Waals surface area contributed by atoms with Gasteiger partial charge in [-0.25, -0.2) is 0 Å². The number of benzene rings is 1. The van der Waals surface area contributed by atoms with Gasteiger partial charge in [-0.3, -0.25) is 9.48 Å². The number of rotatable bonds is 3. The van der Waals surface area contributed by atoms with Gasteiger partial charge >= 0.3 is 6.18 Å². The van der Waals surface area contributed by atoms with Crippen LogP contribution in [0.4, 0.5) is 18.9 Å². The highest BCUT2D eigenvalue weighted by Gasteiger charge is 2.33. The largest absolute Gasteiger partial charge is 0.435 e. The number of nitrogens with zero attached hydrogens (tertiary/aromatic N) is 4. The van der Waals surface area contributed by atoms with Crippen molar-refractivity contribution < 1.29 is 18.0 Å². The van der Waals surface area contributed by atoms with Crippen LogP contribution in [0.3, 0.4) is 0 Å². The van der Waals surface area contributed by atoms with Gasteiger partial charge in [0.1, 0.15) is 6.54 Å². The van der Waals surface area contributed by atoms with Crippen LogP contribution in [0, 0.1) is 13.8 Å². The highest BCUT2D eigenvalue weighted by Crippen LogP contribution is 2.27. The molecule has 0 saturated carbocycles. The van der Waals surface area contributed by atoms with E-state index >= 15 is 0 Å². The molecule has 0 N–H and O–H groups in total. The predicted octanol–water partition coefficient (Wildman–Crippen LogP) is 2.87. The smallest absolute Gasteiger partial charge is 0.368 e. The second-order valence-electron chi connectivity index (χ2n) is 6.48. The van der Waals surface area contributed by atoms with Crippen LogP contribution in [-0.4, -0.2) is 46.8 Å². The summed E-state index contributed by atoms with van der Waals surface area (Å²) in [5.74, 6) is -0.220. The zero-order valence-corrected chi connectivity index (χ0v) is 14.8. The fourth-order valence-corrected chi connectivity index (χ4v) is 3.11. The van der Waals surface area contributed by atoms with Crippen molar-refractivity contribution in [2.45, 2.75) is 26.6 Å². The normalized spacial score (nSPS) is 15.4. The number of amides is 1. The summed E-state index contributed by atoms with van der Waals surface area (Å²) in [5, 5.41) is 3.43. The first-order valence-corrected chi connectivity index (χ1v) is 8.45. The third-order valence-corrected chi connectivity index (χ3v) is 4.78. The summed E-state index contributed by atoms with van der Waals surface area (Å²) in [6.07, 6.45) is -3.31. The van der Waals surface area contributed by atoms with E-state index in [1.165, 1.54) is 23.0 Å². The number of aromatic nitrogens is 2. The van der Waals surface area contributed by atoms with Gasteiger partial charge in [0.05, 0.1) is 0 Å². The Morgan fingerprint density at radius 2 is 1.81 bits per heavy atom. The lowest BCUT2D eigenvalue weighted by Crippen LogP contribution is -2.49. The Kier molecular flexibility index (Phi) is 4.93. The molecule has 0 unspecified atom stereocenters. The molecule has 1 aliphatic heterocycles. The number of aryl methyl sites for hydroxylation is 1. The van der Waals surface area contributed by atoms with Gasteiger partial charge in [0.15, 0.2) is 5.69 Å². The SMILES string of the molecule is Cc1cccc(N2CCN(C(=O)Cn3ccc(C(F)(F)F)n3)CC2)c1C. The zero-order chi connectivity index (χ0) is 18.9. The minimum absolute atomic E-state index is 0.181. The number of piperazine rings is 1. The average Bonchev–Trinajstić information content (AvgIpc) is 3.06. The summed E-state index contributed by atoms with van der Waals surface area (Å²) < 4.78 is 38.8. The topological polar surface area (TPSA) is 41.4 Å². The molecule has 3 rings (SSSR count). The Morgan fingerprint density at radius 1 is 1.12 bits per heavy atom. The Bertz CT molecular complexity index is 792. The highest BCUT2D eigenvalue weighted by atomic mass is 19.4. The summed E-state index contributed by atoms with van der Waals surface area (Å²) in [7, 11) is 0. The molecule has 0 aliphatic carbocycles. The number of anilines is 1. The molecule has 1 amide bonds. The first-order chi connectivity index (χ1) is 12.3. The molecule has 0 spiro atoms. The molecule has 1 fully saturated rings. The quantitative estimate of drug-likeness (QED) is 0.839. The Morgan fingerprint density at radius 3 is 2.42 bits per heavy atom. The van der Waals surface area contributed by atoms with Gasteiger partial charge in [-0.2, -0.15) is 18.3 Å². The van der Waals surface area contributed by atoms with Crippen molar-refractivity contribution in [3.63, 3.8) is 0 Å². The van der Waals surface area contributed by atoms with Gasteiger partial charge in [-0.1, -0.05) is 12.1 Å². The van der Waals surface area contributed by atoms with Gasteiger partial charge in [0.25, 0.3) is 0 Å². The molecule has 1 aromatic carbocycles. The maximum atomic E-state index is 12.6. The van der Waals surface area contributed by atoms with E-state index in [9.17, 15) is 18.0 Å². The van der Waals surface area contributed by atoms with E-state index in [-0.39, 0.29) is 12.5 Å². The van der Waals surface area contributed by atoms with Crippen molar-refractivity contribution in [1.29, 1.82) is 0 Å². The third-order valence-electron chi connectivity index (χ3n) is 4.78. The number of carbonyl (C=O) groups excluding carboxylic acids is 1. The molecule has 1 aromatic heterocycles. The molecule has 140 valence electrons. The molecular formula is C18H21F3N4O. The minimum atomic E-state index is -4.49. The number of alkyl halides is 3. The molecular weight excluding hydrogens is 345 g/mol. The summed E-state index contributed by atoms with van der Waals surface area (Å²) >= 11 is 0. The number of hydrogen-bond donors (Lipinski definition) is 0.